The third kappa shape index (κ3) is 1.67. The summed E-state index contributed by atoms with van der Waals surface area (Å²) >= 11 is 4.91. The number of nitrogens with zero attached hydrogens (tertiary/aromatic N) is 1. The quantitative estimate of drug-likeness (QED) is 0.531. The molecule has 56 valence electrons. The van der Waals surface area contributed by atoms with Crippen LogP contribution >= 0.6 is 12.2 Å². The first-order valence-corrected chi connectivity index (χ1v) is 3.60. The van der Waals surface area contributed by atoms with Crippen LogP contribution in [0.5, 0.6) is 0 Å². The van der Waals surface area contributed by atoms with Gasteiger partial charge in [-0.1, -0.05) is 12.2 Å². The summed E-state index contributed by atoms with van der Waals surface area (Å²) in [5.74, 6) is -0.302. The van der Waals surface area contributed by atoms with Crippen LogP contribution in [-0.2, 0) is 9.63 Å². The molecule has 0 unspecified atom stereocenters. The SMILES string of the molecule is CC(=O)ON1CCCC1=S. The molecule has 1 aliphatic heterocycles. The van der Waals surface area contributed by atoms with Gasteiger partial charge in [0, 0.05) is 13.3 Å². The molecule has 0 saturated carbocycles. The van der Waals surface area contributed by atoms with Crippen LogP contribution in [0.25, 0.3) is 0 Å². The summed E-state index contributed by atoms with van der Waals surface area (Å²) in [6.45, 7) is 2.12. The van der Waals surface area contributed by atoms with Crippen molar-refractivity contribution in [2.75, 3.05) is 6.54 Å². The average Bonchev–Trinajstić information content (AvgIpc) is 2.15. The molecule has 0 radical (unpaired) electrons. The molecule has 0 aromatic heterocycles. The van der Waals surface area contributed by atoms with E-state index >= 15 is 0 Å². The second kappa shape index (κ2) is 2.96. The second-order valence-corrected chi connectivity index (χ2v) is 2.65. The van der Waals surface area contributed by atoms with Crippen molar-refractivity contribution in [3.05, 3.63) is 0 Å². The number of thiocarbonyl (C=S) groups is 1. The molecule has 0 aromatic carbocycles. The van der Waals surface area contributed by atoms with Gasteiger partial charge in [-0.05, 0) is 6.42 Å². The van der Waals surface area contributed by atoms with Gasteiger partial charge in [-0.2, -0.15) is 5.06 Å². The smallest absolute Gasteiger partial charge is 0.329 e. The van der Waals surface area contributed by atoms with Gasteiger partial charge in [0.25, 0.3) is 0 Å². The van der Waals surface area contributed by atoms with Crippen LogP contribution in [0.2, 0.25) is 0 Å². The molecule has 10 heavy (non-hydrogen) atoms. The average molecular weight is 159 g/mol. The minimum absolute atomic E-state index is 0.302. The maximum atomic E-state index is 10.4. The fraction of sp³-hybridized carbons (Fsp3) is 0.667. The summed E-state index contributed by atoms with van der Waals surface area (Å²) in [6, 6.07) is 0. The molecule has 1 aliphatic rings. The summed E-state index contributed by atoms with van der Waals surface area (Å²) in [4.78, 5) is 15.9. The van der Waals surface area contributed by atoms with Crippen molar-refractivity contribution in [2.45, 2.75) is 19.8 Å². The van der Waals surface area contributed by atoms with Gasteiger partial charge >= 0.3 is 5.97 Å². The number of hydrogen-bond donors (Lipinski definition) is 0. The van der Waals surface area contributed by atoms with Gasteiger partial charge in [0.05, 0.1) is 6.54 Å². The number of rotatable bonds is 1. The van der Waals surface area contributed by atoms with Crippen molar-refractivity contribution in [1.29, 1.82) is 0 Å². The van der Waals surface area contributed by atoms with Crippen molar-refractivity contribution >= 4 is 23.2 Å². The monoisotopic (exact) mass is 159 g/mol. The summed E-state index contributed by atoms with van der Waals surface area (Å²) in [5, 5.41) is 1.48. The Hall–Kier alpha value is -0.640. The third-order valence-electron chi connectivity index (χ3n) is 1.27. The highest BCUT2D eigenvalue weighted by Gasteiger charge is 2.18. The molecule has 1 rings (SSSR count). The van der Waals surface area contributed by atoms with Crippen LogP contribution in [0.4, 0.5) is 0 Å². The summed E-state index contributed by atoms with van der Waals surface area (Å²) < 4.78 is 0. The van der Waals surface area contributed by atoms with E-state index in [0.717, 1.165) is 24.4 Å². The van der Waals surface area contributed by atoms with E-state index in [-0.39, 0.29) is 5.97 Å². The lowest BCUT2D eigenvalue weighted by Gasteiger charge is -2.14. The van der Waals surface area contributed by atoms with Gasteiger partial charge in [0.15, 0.2) is 0 Å². The third-order valence-corrected chi connectivity index (χ3v) is 1.68. The number of carbonyl (C=O) groups excluding carboxylic acids is 1. The molecule has 3 nitrogen and oxygen atoms in total. The lowest BCUT2D eigenvalue weighted by Crippen LogP contribution is -2.25. The number of carbonyl (C=O) groups is 1. The van der Waals surface area contributed by atoms with E-state index < -0.39 is 0 Å². The van der Waals surface area contributed by atoms with E-state index in [1.54, 1.807) is 0 Å². The van der Waals surface area contributed by atoms with Crippen molar-refractivity contribution in [1.82, 2.24) is 5.06 Å². The minimum Gasteiger partial charge on any atom is -0.341 e. The normalized spacial score (nSPS) is 17.7. The molecule has 0 aromatic rings. The summed E-state index contributed by atoms with van der Waals surface area (Å²) in [5.41, 5.74) is 0. The highest BCUT2D eigenvalue weighted by molar-refractivity contribution is 7.80. The van der Waals surface area contributed by atoms with Gasteiger partial charge in [-0.25, -0.2) is 0 Å². The molecule has 1 fully saturated rings. The molecule has 0 aliphatic carbocycles. The molecule has 0 N–H and O–H groups in total. The Morgan fingerprint density at radius 1 is 1.80 bits per heavy atom. The molecule has 1 heterocycles. The fourth-order valence-electron chi connectivity index (χ4n) is 0.875. The first kappa shape index (κ1) is 7.47. The second-order valence-electron chi connectivity index (χ2n) is 2.18. The maximum Gasteiger partial charge on any atom is 0.329 e. The van der Waals surface area contributed by atoms with E-state index in [2.05, 4.69) is 0 Å². The van der Waals surface area contributed by atoms with Crippen molar-refractivity contribution in [2.24, 2.45) is 0 Å². The number of hydroxylamine groups is 2. The van der Waals surface area contributed by atoms with E-state index in [9.17, 15) is 4.79 Å². The highest BCUT2D eigenvalue weighted by atomic mass is 32.1. The van der Waals surface area contributed by atoms with Crippen LogP contribution in [0.3, 0.4) is 0 Å². The van der Waals surface area contributed by atoms with Crippen LogP contribution in [0.15, 0.2) is 0 Å². The summed E-state index contributed by atoms with van der Waals surface area (Å²) in [6.07, 6.45) is 1.86. The van der Waals surface area contributed by atoms with Gasteiger partial charge in [0.2, 0.25) is 0 Å². The highest BCUT2D eigenvalue weighted by Crippen LogP contribution is 2.11. The van der Waals surface area contributed by atoms with Crippen LogP contribution in [-0.4, -0.2) is 22.6 Å². The van der Waals surface area contributed by atoms with E-state index in [4.69, 9.17) is 17.1 Å². The van der Waals surface area contributed by atoms with Crippen molar-refractivity contribution in [3.8, 4) is 0 Å². The van der Waals surface area contributed by atoms with E-state index in [0.29, 0.717) is 0 Å². The predicted molar refractivity (Wildman–Crippen MR) is 40.3 cm³/mol. The van der Waals surface area contributed by atoms with Crippen LogP contribution in [0.1, 0.15) is 19.8 Å². The Labute approximate surface area is 64.9 Å². The first-order chi connectivity index (χ1) is 4.70. The molecular formula is C6H9NO2S. The molecular weight excluding hydrogens is 150 g/mol. The molecule has 1 saturated heterocycles. The van der Waals surface area contributed by atoms with Gasteiger partial charge < -0.3 is 4.84 Å². The summed E-state index contributed by atoms with van der Waals surface area (Å²) in [7, 11) is 0. The molecule has 0 bridgehead atoms. The minimum atomic E-state index is -0.302. The van der Waals surface area contributed by atoms with Crippen molar-refractivity contribution < 1.29 is 9.63 Å². The Bertz CT molecular complexity index is 169. The maximum absolute atomic E-state index is 10.4. The Balaban J connectivity index is 2.40. The van der Waals surface area contributed by atoms with Gasteiger partial charge in [0.1, 0.15) is 4.99 Å². The predicted octanol–water partition coefficient (Wildman–Crippen LogP) is 0.888. The fourth-order valence-corrected chi connectivity index (χ4v) is 1.15. The van der Waals surface area contributed by atoms with Gasteiger partial charge in [-0.15, -0.1) is 0 Å². The van der Waals surface area contributed by atoms with Crippen LogP contribution < -0.4 is 0 Å². The zero-order chi connectivity index (χ0) is 7.56. The Kier molecular flexibility index (Phi) is 2.21. The molecule has 0 atom stereocenters. The van der Waals surface area contributed by atoms with E-state index in [1.165, 1.54) is 12.0 Å². The van der Waals surface area contributed by atoms with Gasteiger partial charge in [-0.3, -0.25) is 4.79 Å². The number of hydrogen-bond acceptors (Lipinski definition) is 3. The van der Waals surface area contributed by atoms with Crippen molar-refractivity contribution in [3.63, 3.8) is 0 Å². The Morgan fingerprint density at radius 3 is 2.90 bits per heavy atom. The molecule has 4 heteroatoms. The zero-order valence-corrected chi connectivity index (χ0v) is 6.61. The largest absolute Gasteiger partial charge is 0.341 e. The lowest BCUT2D eigenvalue weighted by molar-refractivity contribution is -0.167. The molecule has 0 amide bonds. The Morgan fingerprint density at radius 2 is 2.50 bits per heavy atom. The first-order valence-electron chi connectivity index (χ1n) is 3.19. The van der Waals surface area contributed by atoms with Crippen LogP contribution in [0, 0.1) is 0 Å². The molecule has 0 spiro atoms. The lowest BCUT2D eigenvalue weighted by atomic mass is 10.4. The standard InChI is InChI=1S/C6H9NO2S/c1-5(8)9-7-4-2-3-6(7)10/h2-4H2,1H3. The van der Waals surface area contributed by atoms with E-state index in [1.807, 2.05) is 0 Å². The topological polar surface area (TPSA) is 29.5 Å². The zero-order valence-electron chi connectivity index (χ0n) is 5.79.